The van der Waals surface area contributed by atoms with Gasteiger partial charge in [0, 0.05) is 18.3 Å². The first-order valence-electron chi connectivity index (χ1n) is 6.55. The summed E-state index contributed by atoms with van der Waals surface area (Å²) >= 11 is 0. The summed E-state index contributed by atoms with van der Waals surface area (Å²) in [4.78, 5) is 16.7. The fourth-order valence-corrected chi connectivity index (χ4v) is 2.32. The van der Waals surface area contributed by atoms with Crippen LogP contribution in [0.2, 0.25) is 0 Å². The molecule has 2 aromatic rings. The Morgan fingerprint density at radius 3 is 2.76 bits per heavy atom. The normalized spacial score (nSPS) is 14.6. The summed E-state index contributed by atoms with van der Waals surface area (Å²) in [7, 11) is 0. The molecule has 0 fully saturated rings. The number of nitrogens with zero attached hydrogens (tertiary/aromatic N) is 2. The fraction of sp³-hybridized carbons (Fsp3) is 0.125. The van der Waals surface area contributed by atoms with E-state index in [4.69, 9.17) is 0 Å². The van der Waals surface area contributed by atoms with E-state index in [1.54, 1.807) is 18.2 Å². The number of aromatic nitrogens is 1. The Balaban J connectivity index is 1.99. The molecule has 106 valence electrons. The van der Waals surface area contributed by atoms with Crippen LogP contribution in [-0.2, 0) is 4.79 Å². The monoisotopic (exact) mass is 286 g/mol. The summed E-state index contributed by atoms with van der Waals surface area (Å²) in [6.07, 6.45) is 5.21. The number of hydrogen-bond acceptors (Lipinski definition) is 2. The van der Waals surface area contributed by atoms with Crippen LogP contribution >= 0.6 is 0 Å². The molecule has 0 saturated carbocycles. The molecule has 5 heteroatoms. The van der Waals surface area contributed by atoms with Crippen molar-refractivity contribution in [1.82, 2.24) is 4.98 Å². The van der Waals surface area contributed by atoms with Crippen LogP contribution in [-0.4, -0.2) is 17.4 Å². The Labute approximate surface area is 120 Å². The largest absolute Gasteiger partial charge is 0.306 e. The molecule has 0 spiro atoms. The number of carbonyl (C=O) groups excluding carboxylic acids is 1. The van der Waals surface area contributed by atoms with Crippen molar-refractivity contribution in [3.63, 3.8) is 0 Å². The van der Waals surface area contributed by atoms with Crippen molar-refractivity contribution >= 4 is 11.6 Å². The predicted octanol–water partition coefficient (Wildman–Crippen LogP) is 3.32. The minimum absolute atomic E-state index is 0.206. The van der Waals surface area contributed by atoms with Crippen LogP contribution in [0.1, 0.15) is 6.42 Å². The highest BCUT2D eigenvalue weighted by Gasteiger charge is 2.19. The summed E-state index contributed by atoms with van der Waals surface area (Å²) in [5.41, 5.74) is 0.826. The molecule has 0 N–H and O–H groups in total. The minimum Gasteiger partial charge on any atom is -0.306 e. The van der Waals surface area contributed by atoms with Crippen LogP contribution in [0.5, 0.6) is 0 Å². The Hall–Kier alpha value is -2.56. The van der Waals surface area contributed by atoms with Crippen LogP contribution in [0, 0.1) is 11.8 Å². The highest BCUT2D eigenvalue weighted by atomic mass is 19.1. The first-order valence-corrected chi connectivity index (χ1v) is 6.55. The summed E-state index contributed by atoms with van der Waals surface area (Å²) in [6, 6.07) is 7.42. The van der Waals surface area contributed by atoms with E-state index in [1.807, 2.05) is 0 Å². The topological polar surface area (TPSA) is 33.2 Å². The number of anilines is 1. The summed E-state index contributed by atoms with van der Waals surface area (Å²) in [5.74, 6) is -1.46. The molecule has 0 unspecified atom stereocenters. The molecule has 1 aromatic carbocycles. The standard InChI is InChI=1S/C16H12F2N2O/c17-13-10-11(12-4-3-8-19-16(12)18)6-7-14(13)20-9-2-1-5-15(20)21/h1,3-8,10H,2,9H2. The van der Waals surface area contributed by atoms with Gasteiger partial charge in [-0.1, -0.05) is 12.1 Å². The van der Waals surface area contributed by atoms with E-state index < -0.39 is 11.8 Å². The summed E-state index contributed by atoms with van der Waals surface area (Å²) in [5, 5.41) is 0. The second kappa shape index (κ2) is 5.44. The van der Waals surface area contributed by atoms with Gasteiger partial charge >= 0.3 is 0 Å². The molecule has 0 atom stereocenters. The molecule has 0 saturated heterocycles. The van der Waals surface area contributed by atoms with Crippen molar-refractivity contribution in [2.75, 3.05) is 11.4 Å². The van der Waals surface area contributed by atoms with E-state index in [0.717, 1.165) is 0 Å². The third-order valence-electron chi connectivity index (χ3n) is 3.35. The zero-order valence-corrected chi connectivity index (χ0v) is 11.1. The molecular weight excluding hydrogens is 274 g/mol. The minimum atomic E-state index is -0.651. The van der Waals surface area contributed by atoms with Crippen LogP contribution in [0.4, 0.5) is 14.5 Å². The van der Waals surface area contributed by atoms with Gasteiger partial charge in [0.1, 0.15) is 5.82 Å². The van der Waals surface area contributed by atoms with Gasteiger partial charge in [0.2, 0.25) is 5.95 Å². The molecule has 3 nitrogen and oxygen atoms in total. The Morgan fingerprint density at radius 1 is 1.19 bits per heavy atom. The van der Waals surface area contributed by atoms with Crippen LogP contribution in [0.3, 0.4) is 0 Å². The molecule has 3 rings (SSSR count). The lowest BCUT2D eigenvalue weighted by Gasteiger charge is -2.24. The van der Waals surface area contributed by atoms with Crippen molar-refractivity contribution in [3.05, 3.63) is 60.4 Å². The van der Waals surface area contributed by atoms with Gasteiger partial charge in [-0.25, -0.2) is 9.37 Å². The van der Waals surface area contributed by atoms with Crippen LogP contribution in [0.25, 0.3) is 11.1 Å². The molecule has 0 bridgehead atoms. The Kier molecular flexibility index (Phi) is 3.48. The average molecular weight is 286 g/mol. The number of halogens is 2. The lowest BCUT2D eigenvalue weighted by molar-refractivity contribution is -0.114. The van der Waals surface area contributed by atoms with Crippen molar-refractivity contribution in [2.24, 2.45) is 0 Å². The van der Waals surface area contributed by atoms with Crippen LogP contribution in [0.15, 0.2) is 48.7 Å². The predicted molar refractivity (Wildman–Crippen MR) is 75.7 cm³/mol. The number of amides is 1. The van der Waals surface area contributed by atoms with Crippen molar-refractivity contribution in [3.8, 4) is 11.1 Å². The van der Waals surface area contributed by atoms with E-state index in [-0.39, 0.29) is 17.2 Å². The highest BCUT2D eigenvalue weighted by molar-refractivity contribution is 6.02. The number of hydrogen-bond donors (Lipinski definition) is 0. The third kappa shape index (κ3) is 2.54. The van der Waals surface area contributed by atoms with Gasteiger partial charge in [0.25, 0.3) is 5.91 Å². The van der Waals surface area contributed by atoms with Crippen LogP contribution < -0.4 is 4.90 Å². The van der Waals surface area contributed by atoms with Crippen molar-refractivity contribution in [2.45, 2.75) is 6.42 Å². The summed E-state index contributed by atoms with van der Waals surface area (Å²) in [6.45, 7) is 0.437. The summed E-state index contributed by atoms with van der Waals surface area (Å²) < 4.78 is 27.9. The Morgan fingerprint density at radius 2 is 2.05 bits per heavy atom. The number of rotatable bonds is 2. The maximum atomic E-state index is 14.3. The van der Waals surface area contributed by atoms with Gasteiger partial charge in [-0.2, -0.15) is 4.39 Å². The molecule has 0 aliphatic carbocycles. The fourth-order valence-electron chi connectivity index (χ4n) is 2.32. The number of carbonyl (C=O) groups is 1. The molecule has 21 heavy (non-hydrogen) atoms. The molecule has 1 aromatic heterocycles. The van der Waals surface area contributed by atoms with Gasteiger partial charge in [0.15, 0.2) is 0 Å². The maximum Gasteiger partial charge on any atom is 0.250 e. The quantitative estimate of drug-likeness (QED) is 0.793. The molecule has 1 amide bonds. The smallest absolute Gasteiger partial charge is 0.250 e. The SMILES string of the molecule is O=C1C=CCCN1c1ccc(-c2cccnc2F)cc1F. The lowest BCUT2D eigenvalue weighted by Crippen LogP contribution is -2.33. The highest BCUT2D eigenvalue weighted by Crippen LogP contribution is 2.28. The Bertz CT molecular complexity index is 728. The van der Waals surface area contributed by atoms with Crippen molar-refractivity contribution in [1.29, 1.82) is 0 Å². The lowest BCUT2D eigenvalue weighted by atomic mass is 10.1. The number of pyridine rings is 1. The van der Waals surface area contributed by atoms with Gasteiger partial charge in [0.05, 0.1) is 5.69 Å². The molecule has 1 aliphatic rings. The van der Waals surface area contributed by atoms with E-state index in [0.29, 0.717) is 18.5 Å². The van der Waals surface area contributed by atoms with E-state index in [9.17, 15) is 13.6 Å². The maximum absolute atomic E-state index is 14.3. The first kappa shape index (κ1) is 13.4. The van der Waals surface area contributed by atoms with Gasteiger partial charge in [-0.3, -0.25) is 4.79 Å². The zero-order valence-electron chi connectivity index (χ0n) is 11.1. The molecule has 1 aliphatic heterocycles. The average Bonchev–Trinajstić information content (AvgIpc) is 2.49. The zero-order chi connectivity index (χ0) is 14.8. The number of benzene rings is 1. The first-order chi connectivity index (χ1) is 10.2. The van der Waals surface area contributed by atoms with Gasteiger partial charge < -0.3 is 4.90 Å². The van der Waals surface area contributed by atoms with E-state index in [1.165, 1.54) is 35.4 Å². The van der Waals surface area contributed by atoms with Gasteiger partial charge in [-0.05, 0) is 42.3 Å². The molecular formula is C16H12F2N2O. The third-order valence-corrected chi connectivity index (χ3v) is 3.35. The van der Waals surface area contributed by atoms with Crippen molar-refractivity contribution < 1.29 is 13.6 Å². The molecule has 0 radical (unpaired) electrons. The second-order valence-electron chi connectivity index (χ2n) is 4.69. The second-order valence-corrected chi connectivity index (χ2v) is 4.69. The molecule has 2 heterocycles. The van der Waals surface area contributed by atoms with Gasteiger partial charge in [-0.15, -0.1) is 0 Å². The van der Waals surface area contributed by atoms with E-state index in [2.05, 4.69) is 4.98 Å². The van der Waals surface area contributed by atoms with E-state index >= 15 is 0 Å².